The molecule has 2 N–H and O–H groups in total. The Morgan fingerprint density at radius 2 is 1.93 bits per heavy atom. The van der Waals surface area contributed by atoms with Crippen LogP contribution in [0.5, 0.6) is 0 Å². The van der Waals surface area contributed by atoms with Gasteiger partial charge in [-0.2, -0.15) is 0 Å². The fourth-order valence-corrected chi connectivity index (χ4v) is 2.51. The molecule has 0 radical (unpaired) electrons. The molecule has 0 atom stereocenters. The highest BCUT2D eigenvalue weighted by Gasteiger charge is 2.25. The van der Waals surface area contributed by atoms with Crippen LogP contribution in [0.1, 0.15) is 0 Å². The van der Waals surface area contributed by atoms with Gasteiger partial charge in [-0.3, -0.25) is 4.79 Å². The lowest BCUT2D eigenvalue weighted by Gasteiger charge is -2.26. The molecular weight excluding hydrogens is 324 g/mol. The molecule has 1 aromatic rings. The van der Waals surface area contributed by atoms with Crippen LogP contribution in [-0.4, -0.2) is 19.0 Å². The SMILES string of the molecule is O=C(Nc1c(Br)cccc1Br)C1CNC1. The first-order valence-corrected chi connectivity index (χ1v) is 6.22. The molecule has 0 spiro atoms. The zero-order valence-corrected chi connectivity index (χ0v) is 11.1. The van der Waals surface area contributed by atoms with Gasteiger partial charge in [0.15, 0.2) is 0 Å². The van der Waals surface area contributed by atoms with Gasteiger partial charge in [-0.1, -0.05) is 6.07 Å². The van der Waals surface area contributed by atoms with Gasteiger partial charge in [0.25, 0.3) is 0 Å². The van der Waals surface area contributed by atoms with Crippen molar-refractivity contribution in [1.82, 2.24) is 5.32 Å². The van der Waals surface area contributed by atoms with Gasteiger partial charge in [0.2, 0.25) is 5.91 Å². The number of hydrogen-bond donors (Lipinski definition) is 2. The van der Waals surface area contributed by atoms with E-state index in [0.717, 1.165) is 27.7 Å². The highest BCUT2D eigenvalue weighted by molar-refractivity contribution is 9.11. The number of nitrogens with one attached hydrogen (secondary N) is 2. The van der Waals surface area contributed by atoms with Crippen molar-refractivity contribution >= 4 is 43.5 Å². The molecule has 1 heterocycles. The van der Waals surface area contributed by atoms with Gasteiger partial charge in [-0.25, -0.2) is 0 Å². The van der Waals surface area contributed by atoms with Crippen LogP contribution in [0.3, 0.4) is 0 Å². The summed E-state index contributed by atoms with van der Waals surface area (Å²) in [5.74, 6) is 0.172. The van der Waals surface area contributed by atoms with Crippen molar-refractivity contribution in [2.75, 3.05) is 18.4 Å². The summed E-state index contributed by atoms with van der Waals surface area (Å²) in [7, 11) is 0. The summed E-state index contributed by atoms with van der Waals surface area (Å²) in [4.78, 5) is 11.7. The van der Waals surface area contributed by atoms with Crippen molar-refractivity contribution in [2.24, 2.45) is 5.92 Å². The number of para-hydroxylation sites is 1. The lowest BCUT2D eigenvalue weighted by Crippen LogP contribution is -2.48. The van der Waals surface area contributed by atoms with E-state index in [-0.39, 0.29) is 11.8 Å². The summed E-state index contributed by atoms with van der Waals surface area (Å²) in [5.41, 5.74) is 0.800. The van der Waals surface area contributed by atoms with Crippen LogP contribution in [0.2, 0.25) is 0 Å². The molecule has 0 unspecified atom stereocenters. The Morgan fingerprint density at radius 1 is 1.33 bits per heavy atom. The highest BCUT2D eigenvalue weighted by Crippen LogP contribution is 2.30. The van der Waals surface area contributed by atoms with Crippen LogP contribution >= 0.6 is 31.9 Å². The Labute approximate surface area is 105 Å². The van der Waals surface area contributed by atoms with Gasteiger partial charge in [-0.15, -0.1) is 0 Å². The molecule has 15 heavy (non-hydrogen) atoms. The van der Waals surface area contributed by atoms with E-state index >= 15 is 0 Å². The second-order valence-corrected chi connectivity index (χ2v) is 5.15. The Balaban J connectivity index is 2.12. The maximum absolute atomic E-state index is 11.7. The van der Waals surface area contributed by atoms with Crippen LogP contribution in [-0.2, 0) is 4.79 Å². The normalized spacial score (nSPS) is 15.9. The molecule has 1 saturated heterocycles. The minimum Gasteiger partial charge on any atom is -0.324 e. The van der Waals surface area contributed by atoms with Crippen LogP contribution in [0, 0.1) is 5.92 Å². The van der Waals surface area contributed by atoms with Crippen LogP contribution < -0.4 is 10.6 Å². The first-order chi connectivity index (χ1) is 7.18. The van der Waals surface area contributed by atoms with Gasteiger partial charge in [0.1, 0.15) is 0 Å². The van der Waals surface area contributed by atoms with Crippen LogP contribution in [0.15, 0.2) is 27.1 Å². The van der Waals surface area contributed by atoms with Crippen LogP contribution in [0.4, 0.5) is 5.69 Å². The second kappa shape index (κ2) is 4.63. The van der Waals surface area contributed by atoms with E-state index in [2.05, 4.69) is 42.5 Å². The van der Waals surface area contributed by atoms with E-state index in [0.29, 0.717) is 0 Å². The zero-order valence-electron chi connectivity index (χ0n) is 7.89. The van der Waals surface area contributed by atoms with Crippen molar-refractivity contribution in [3.63, 3.8) is 0 Å². The molecule has 1 aromatic carbocycles. The standard InChI is InChI=1S/C10H10Br2N2O/c11-7-2-1-3-8(12)9(7)14-10(15)6-4-13-5-6/h1-3,6,13H,4-5H2,(H,14,15). The van der Waals surface area contributed by atoms with E-state index < -0.39 is 0 Å². The Bertz CT molecular complexity index is 371. The summed E-state index contributed by atoms with van der Waals surface area (Å²) >= 11 is 6.81. The Kier molecular flexibility index (Phi) is 3.43. The molecule has 0 saturated carbocycles. The number of carbonyl (C=O) groups is 1. The molecule has 1 amide bonds. The molecular formula is C10H10Br2N2O. The lowest BCUT2D eigenvalue weighted by atomic mass is 10.0. The molecule has 1 aliphatic rings. The Morgan fingerprint density at radius 3 is 2.40 bits per heavy atom. The van der Waals surface area contributed by atoms with E-state index in [1.807, 2.05) is 18.2 Å². The Hall–Kier alpha value is -0.390. The predicted molar refractivity (Wildman–Crippen MR) is 66.8 cm³/mol. The number of hydrogen-bond acceptors (Lipinski definition) is 2. The number of halogens is 2. The minimum atomic E-state index is 0.0707. The summed E-state index contributed by atoms with van der Waals surface area (Å²) in [6.07, 6.45) is 0. The van der Waals surface area contributed by atoms with E-state index in [1.165, 1.54) is 0 Å². The van der Waals surface area contributed by atoms with Gasteiger partial charge in [0.05, 0.1) is 11.6 Å². The molecule has 3 nitrogen and oxygen atoms in total. The van der Waals surface area contributed by atoms with Crippen molar-refractivity contribution in [2.45, 2.75) is 0 Å². The molecule has 1 fully saturated rings. The summed E-state index contributed by atoms with van der Waals surface area (Å²) < 4.78 is 1.77. The summed E-state index contributed by atoms with van der Waals surface area (Å²) in [5, 5.41) is 5.98. The maximum atomic E-state index is 11.7. The third-order valence-electron chi connectivity index (χ3n) is 2.36. The highest BCUT2D eigenvalue weighted by atomic mass is 79.9. The first kappa shape index (κ1) is 11.1. The smallest absolute Gasteiger partial charge is 0.230 e. The van der Waals surface area contributed by atoms with Crippen molar-refractivity contribution in [1.29, 1.82) is 0 Å². The second-order valence-electron chi connectivity index (χ2n) is 3.44. The summed E-state index contributed by atoms with van der Waals surface area (Å²) in [6.45, 7) is 1.54. The van der Waals surface area contributed by atoms with Crippen molar-refractivity contribution in [3.05, 3.63) is 27.1 Å². The van der Waals surface area contributed by atoms with Gasteiger partial charge in [0, 0.05) is 22.0 Å². The fraction of sp³-hybridized carbons (Fsp3) is 0.300. The van der Waals surface area contributed by atoms with Gasteiger partial charge in [-0.05, 0) is 44.0 Å². The summed E-state index contributed by atoms with van der Waals surface area (Å²) in [6, 6.07) is 5.72. The van der Waals surface area contributed by atoms with E-state index in [4.69, 9.17) is 0 Å². The maximum Gasteiger partial charge on any atom is 0.230 e. The number of amides is 1. The zero-order chi connectivity index (χ0) is 10.8. The minimum absolute atomic E-state index is 0.0707. The topological polar surface area (TPSA) is 41.1 Å². The van der Waals surface area contributed by atoms with E-state index in [9.17, 15) is 4.79 Å². The van der Waals surface area contributed by atoms with Gasteiger partial charge >= 0.3 is 0 Å². The molecule has 0 aromatic heterocycles. The van der Waals surface area contributed by atoms with Crippen LogP contribution in [0.25, 0.3) is 0 Å². The lowest BCUT2D eigenvalue weighted by molar-refractivity contribution is -0.121. The van der Waals surface area contributed by atoms with Crippen molar-refractivity contribution in [3.8, 4) is 0 Å². The molecule has 80 valence electrons. The predicted octanol–water partition coefficient (Wildman–Crippen LogP) is 2.37. The molecule has 5 heteroatoms. The van der Waals surface area contributed by atoms with Crippen molar-refractivity contribution < 1.29 is 4.79 Å². The van der Waals surface area contributed by atoms with E-state index in [1.54, 1.807) is 0 Å². The third-order valence-corrected chi connectivity index (χ3v) is 3.68. The first-order valence-electron chi connectivity index (χ1n) is 4.64. The average Bonchev–Trinajstić information content (AvgIpc) is 2.08. The average molecular weight is 334 g/mol. The fourth-order valence-electron chi connectivity index (χ4n) is 1.32. The molecule has 0 aliphatic carbocycles. The largest absolute Gasteiger partial charge is 0.324 e. The molecule has 1 aliphatic heterocycles. The number of anilines is 1. The van der Waals surface area contributed by atoms with Gasteiger partial charge < -0.3 is 10.6 Å². The third kappa shape index (κ3) is 2.41. The molecule has 2 rings (SSSR count). The number of benzene rings is 1. The quantitative estimate of drug-likeness (QED) is 0.872. The monoisotopic (exact) mass is 332 g/mol. The number of carbonyl (C=O) groups excluding carboxylic acids is 1. The number of rotatable bonds is 2. The molecule has 0 bridgehead atoms.